The molecule has 0 radical (unpaired) electrons. The van der Waals surface area contributed by atoms with Crippen LogP contribution in [0.1, 0.15) is 420 Å². The number of aliphatic hydroxyl groups excluding tert-OH is 1. The molecule has 0 aromatic carbocycles. The normalized spacial score (nSPS) is 14.2. The van der Waals surface area contributed by atoms with Gasteiger partial charge in [-0.1, -0.05) is 369 Å². The zero-order valence-corrected chi connectivity index (χ0v) is 66.6. The van der Waals surface area contributed by atoms with Crippen LogP contribution in [0, 0.1) is 11.8 Å². The van der Waals surface area contributed by atoms with Crippen molar-refractivity contribution >= 4 is 39.5 Å². The number of hydrogen-bond acceptors (Lipinski definition) is 15. The van der Waals surface area contributed by atoms with Crippen molar-refractivity contribution in [1.29, 1.82) is 0 Å². The second kappa shape index (κ2) is 71.7. The molecule has 0 saturated carbocycles. The second-order valence-electron chi connectivity index (χ2n) is 29.5. The first kappa shape index (κ1) is 97.1. The van der Waals surface area contributed by atoms with Crippen LogP contribution in [0.25, 0.3) is 0 Å². The Morgan fingerprint density at radius 1 is 0.293 bits per heavy atom. The summed E-state index contributed by atoms with van der Waals surface area (Å²) in [5, 5.41) is 10.6. The first-order valence-electron chi connectivity index (χ1n) is 41.5. The van der Waals surface area contributed by atoms with Crippen LogP contribution in [0.2, 0.25) is 0 Å². The van der Waals surface area contributed by atoms with E-state index in [1.165, 1.54) is 231 Å². The Balaban J connectivity index is 5.23. The van der Waals surface area contributed by atoms with Crippen molar-refractivity contribution in [3.8, 4) is 0 Å². The van der Waals surface area contributed by atoms with E-state index in [4.69, 9.17) is 37.0 Å². The molecule has 0 rings (SSSR count). The molecule has 6 atom stereocenters. The van der Waals surface area contributed by atoms with Gasteiger partial charge in [-0.3, -0.25) is 37.3 Å². The van der Waals surface area contributed by atoms with E-state index in [9.17, 15) is 43.2 Å². The fourth-order valence-electron chi connectivity index (χ4n) is 12.3. The highest BCUT2D eigenvalue weighted by Gasteiger charge is 2.30. The van der Waals surface area contributed by atoms with E-state index in [1.807, 2.05) is 0 Å². The molecule has 0 aliphatic rings. The maximum atomic E-state index is 13.1. The van der Waals surface area contributed by atoms with Crippen LogP contribution in [0.15, 0.2) is 0 Å². The molecule has 0 fully saturated rings. The molecule has 0 aliphatic carbocycles. The number of ether oxygens (including phenoxy) is 4. The summed E-state index contributed by atoms with van der Waals surface area (Å²) in [5.41, 5.74) is 0. The number of carbonyl (C=O) groups excluding carboxylic acids is 4. The first-order valence-corrected chi connectivity index (χ1v) is 44.5. The van der Waals surface area contributed by atoms with E-state index in [2.05, 4.69) is 41.5 Å². The van der Waals surface area contributed by atoms with Crippen molar-refractivity contribution in [1.82, 2.24) is 0 Å². The summed E-state index contributed by atoms with van der Waals surface area (Å²) in [6, 6.07) is 0. The number of unbranched alkanes of at least 4 members (excludes halogenated alkanes) is 48. The maximum Gasteiger partial charge on any atom is 0.472 e. The number of aliphatic hydroxyl groups is 1. The lowest BCUT2D eigenvalue weighted by Crippen LogP contribution is -2.30. The van der Waals surface area contributed by atoms with Crippen LogP contribution in [0.3, 0.4) is 0 Å². The van der Waals surface area contributed by atoms with Gasteiger partial charge in [0.05, 0.1) is 26.4 Å². The van der Waals surface area contributed by atoms with Gasteiger partial charge >= 0.3 is 39.5 Å². The lowest BCUT2D eigenvalue weighted by Gasteiger charge is -2.21. The molecule has 0 aliphatic heterocycles. The minimum Gasteiger partial charge on any atom is -0.462 e. The molecule has 3 unspecified atom stereocenters. The van der Waals surface area contributed by atoms with Gasteiger partial charge in [-0.2, -0.15) is 0 Å². The van der Waals surface area contributed by atoms with Crippen molar-refractivity contribution in [3.63, 3.8) is 0 Å². The monoisotopic (exact) mass is 1450 g/mol. The third-order valence-electron chi connectivity index (χ3n) is 19.1. The van der Waals surface area contributed by atoms with Gasteiger partial charge in [-0.25, -0.2) is 9.13 Å². The molecule has 0 saturated heterocycles. The van der Waals surface area contributed by atoms with Crippen molar-refractivity contribution in [2.45, 2.75) is 439 Å². The molecule has 0 heterocycles. The Hall–Kier alpha value is -1.94. The van der Waals surface area contributed by atoms with Gasteiger partial charge in [-0.05, 0) is 37.5 Å². The molecular formula is C80H156O17P2. The molecule has 17 nitrogen and oxygen atoms in total. The Bertz CT molecular complexity index is 1910. The highest BCUT2D eigenvalue weighted by molar-refractivity contribution is 7.47. The molecule has 0 aromatic heterocycles. The topological polar surface area (TPSA) is 237 Å². The quantitative estimate of drug-likeness (QED) is 0.0222. The fraction of sp³-hybridized carbons (Fsp3) is 0.950. The van der Waals surface area contributed by atoms with Crippen molar-refractivity contribution < 1.29 is 80.2 Å². The van der Waals surface area contributed by atoms with Crippen LogP contribution in [0.5, 0.6) is 0 Å². The zero-order chi connectivity index (χ0) is 72.8. The number of phosphoric acid groups is 2. The van der Waals surface area contributed by atoms with Gasteiger partial charge in [0.25, 0.3) is 0 Å². The second-order valence-corrected chi connectivity index (χ2v) is 32.4. The molecule has 99 heavy (non-hydrogen) atoms. The molecule has 0 amide bonds. The average Bonchev–Trinajstić information content (AvgIpc) is 0.991. The fourth-order valence-corrected chi connectivity index (χ4v) is 13.9. The number of carbonyl (C=O) groups is 4. The highest BCUT2D eigenvalue weighted by atomic mass is 31.2. The molecule has 19 heteroatoms. The van der Waals surface area contributed by atoms with Crippen LogP contribution in [0.4, 0.5) is 0 Å². The third kappa shape index (κ3) is 72.8. The summed E-state index contributed by atoms with van der Waals surface area (Å²) in [7, 11) is -9.92. The van der Waals surface area contributed by atoms with Gasteiger partial charge in [0.1, 0.15) is 19.3 Å². The predicted octanol–water partition coefficient (Wildman–Crippen LogP) is 23.9. The minimum atomic E-state index is -4.96. The Morgan fingerprint density at radius 2 is 0.515 bits per heavy atom. The number of hydrogen-bond donors (Lipinski definition) is 3. The number of esters is 4. The molecule has 0 spiro atoms. The van der Waals surface area contributed by atoms with Gasteiger partial charge in [0, 0.05) is 25.7 Å². The van der Waals surface area contributed by atoms with Crippen molar-refractivity contribution in [3.05, 3.63) is 0 Å². The Kier molecular flexibility index (Phi) is 70.3. The maximum absolute atomic E-state index is 13.1. The third-order valence-corrected chi connectivity index (χ3v) is 21.0. The van der Waals surface area contributed by atoms with E-state index in [1.54, 1.807) is 0 Å². The Labute approximate surface area is 607 Å². The molecule has 0 bridgehead atoms. The van der Waals surface area contributed by atoms with E-state index < -0.39 is 97.5 Å². The Morgan fingerprint density at radius 3 is 0.768 bits per heavy atom. The molecular weight excluding hydrogens is 1290 g/mol. The summed E-state index contributed by atoms with van der Waals surface area (Å²) in [6.07, 6.45) is 61.1. The lowest BCUT2D eigenvalue weighted by atomic mass is 9.99. The van der Waals surface area contributed by atoms with E-state index in [0.29, 0.717) is 31.6 Å². The minimum absolute atomic E-state index is 0.107. The van der Waals surface area contributed by atoms with Gasteiger partial charge in [-0.15, -0.1) is 0 Å². The molecule has 3 N–H and O–H groups in total. The largest absolute Gasteiger partial charge is 0.472 e. The first-order chi connectivity index (χ1) is 47.9. The zero-order valence-electron chi connectivity index (χ0n) is 64.8. The van der Waals surface area contributed by atoms with Crippen LogP contribution >= 0.6 is 15.6 Å². The van der Waals surface area contributed by atoms with Gasteiger partial charge in [0.2, 0.25) is 0 Å². The smallest absolute Gasteiger partial charge is 0.462 e. The summed E-state index contributed by atoms with van der Waals surface area (Å²) in [6.45, 7) is 9.60. The molecule has 588 valence electrons. The van der Waals surface area contributed by atoms with Gasteiger partial charge < -0.3 is 33.8 Å². The van der Waals surface area contributed by atoms with Crippen molar-refractivity contribution in [2.75, 3.05) is 39.6 Å². The van der Waals surface area contributed by atoms with E-state index in [-0.39, 0.29) is 25.7 Å². The van der Waals surface area contributed by atoms with E-state index >= 15 is 0 Å². The summed E-state index contributed by atoms with van der Waals surface area (Å²) in [4.78, 5) is 72.9. The number of rotatable bonds is 79. The predicted molar refractivity (Wildman–Crippen MR) is 405 cm³/mol. The van der Waals surface area contributed by atoms with Crippen LogP contribution < -0.4 is 0 Å². The summed E-state index contributed by atoms with van der Waals surface area (Å²) < 4.78 is 68.7. The van der Waals surface area contributed by atoms with E-state index in [0.717, 1.165) is 102 Å². The summed E-state index contributed by atoms with van der Waals surface area (Å²) >= 11 is 0. The summed E-state index contributed by atoms with van der Waals surface area (Å²) in [5.74, 6) is -0.585. The average molecular weight is 1450 g/mol. The van der Waals surface area contributed by atoms with Gasteiger partial charge in [0.15, 0.2) is 12.2 Å². The van der Waals surface area contributed by atoms with Crippen molar-refractivity contribution in [2.24, 2.45) is 11.8 Å². The SMILES string of the molecule is CCCCCCCCCCCCCCCCCCCCC(=O)OC[C@H](COP(=O)(O)OC[C@@H](O)COP(=O)(O)OC[C@@H](COC(=O)CCCCCCCCC(C)C)OC(=O)CCCCCCCCCCCCCCCC)OC(=O)CCCCCCCCCCCCCCCCC(C)CC. The standard InChI is InChI=1S/C80H156O17P2/c1-7-10-12-14-16-18-20-22-24-25-26-27-32-35-39-43-50-56-62-77(82)90-68-75(96-79(84)65-59-53-45-41-37-33-29-28-30-34-38-42-49-55-61-73(6)9-3)70-94-98(86,87)92-66-74(81)67-93-99(88,89)95-71-76(69-91-78(83)63-57-51-47-46-48-54-60-72(4)5)97-80(85)64-58-52-44-40-36-31-23-21-19-17-15-13-11-8-2/h72-76,81H,7-71H2,1-6H3,(H,86,87)(H,88,89)/t73?,74-,75-,76-/m1/s1. The lowest BCUT2D eigenvalue weighted by molar-refractivity contribution is -0.161. The van der Waals surface area contributed by atoms with Crippen LogP contribution in [-0.4, -0.2) is 96.7 Å². The highest BCUT2D eigenvalue weighted by Crippen LogP contribution is 2.45. The molecule has 0 aromatic rings. The number of phosphoric ester groups is 2. The van der Waals surface area contributed by atoms with Crippen LogP contribution in [-0.2, 0) is 65.4 Å².